The van der Waals surface area contributed by atoms with Crippen LogP contribution < -0.4 is 0 Å². The maximum atomic E-state index is 13.1. The Hall–Kier alpha value is -2.67. The van der Waals surface area contributed by atoms with Gasteiger partial charge in [0, 0.05) is 6.42 Å². The van der Waals surface area contributed by atoms with Gasteiger partial charge in [-0.05, 0) is 29.2 Å². The second-order valence-corrected chi connectivity index (χ2v) is 5.83. The van der Waals surface area contributed by atoms with Gasteiger partial charge in [-0.2, -0.15) is 0 Å². The van der Waals surface area contributed by atoms with Crippen molar-refractivity contribution in [3.8, 4) is 0 Å². The average molecular weight is 300 g/mol. The van der Waals surface area contributed by atoms with Gasteiger partial charge in [-0.25, -0.2) is 0 Å². The third-order valence-electron chi connectivity index (χ3n) is 4.18. The fraction of sp³-hybridized carbons (Fsp3) is 0.136. The number of hydrogen-bond donors (Lipinski definition) is 0. The zero-order valence-corrected chi connectivity index (χ0v) is 13.3. The van der Waals surface area contributed by atoms with E-state index in [-0.39, 0.29) is 11.7 Å². The van der Waals surface area contributed by atoms with Gasteiger partial charge >= 0.3 is 0 Å². The van der Waals surface area contributed by atoms with Gasteiger partial charge in [0.2, 0.25) is 0 Å². The summed E-state index contributed by atoms with van der Waals surface area (Å²) >= 11 is 0. The Balaban J connectivity index is 1.99. The SMILES string of the molecule is Cc1ccccc1C(C(=O)Cc1ccccc1)c1ccccc1. The van der Waals surface area contributed by atoms with E-state index in [0.29, 0.717) is 6.42 Å². The van der Waals surface area contributed by atoms with E-state index >= 15 is 0 Å². The van der Waals surface area contributed by atoms with Crippen molar-refractivity contribution in [2.75, 3.05) is 0 Å². The number of carbonyl (C=O) groups is 1. The quantitative estimate of drug-likeness (QED) is 0.652. The molecule has 1 heteroatoms. The molecule has 0 fully saturated rings. The summed E-state index contributed by atoms with van der Waals surface area (Å²) in [7, 11) is 0. The van der Waals surface area contributed by atoms with Crippen LogP contribution >= 0.6 is 0 Å². The number of Topliss-reactive ketones (excluding diaryl/α,β-unsaturated/α-hetero) is 1. The Bertz CT molecular complexity index is 775. The predicted molar refractivity (Wildman–Crippen MR) is 94.6 cm³/mol. The number of hydrogen-bond acceptors (Lipinski definition) is 1. The molecule has 0 radical (unpaired) electrons. The van der Waals surface area contributed by atoms with E-state index in [1.54, 1.807) is 0 Å². The molecule has 1 unspecified atom stereocenters. The van der Waals surface area contributed by atoms with Crippen molar-refractivity contribution in [1.29, 1.82) is 0 Å². The average Bonchev–Trinajstić information content (AvgIpc) is 2.59. The minimum Gasteiger partial charge on any atom is -0.298 e. The zero-order valence-electron chi connectivity index (χ0n) is 13.3. The van der Waals surface area contributed by atoms with Crippen molar-refractivity contribution in [3.63, 3.8) is 0 Å². The molecule has 0 saturated carbocycles. The molecule has 3 aromatic rings. The van der Waals surface area contributed by atoms with E-state index in [0.717, 1.165) is 22.3 Å². The zero-order chi connectivity index (χ0) is 16.1. The molecular weight excluding hydrogens is 280 g/mol. The highest BCUT2D eigenvalue weighted by molar-refractivity contribution is 5.91. The predicted octanol–water partition coefficient (Wildman–Crippen LogP) is 4.94. The number of aryl methyl sites for hydroxylation is 1. The first-order valence-corrected chi connectivity index (χ1v) is 7.93. The van der Waals surface area contributed by atoms with Gasteiger partial charge in [0.05, 0.1) is 5.92 Å². The molecule has 0 saturated heterocycles. The number of benzene rings is 3. The van der Waals surface area contributed by atoms with Crippen LogP contribution in [0.5, 0.6) is 0 Å². The first-order chi connectivity index (χ1) is 11.3. The minimum atomic E-state index is -0.211. The highest BCUT2D eigenvalue weighted by Gasteiger charge is 2.23. The molecule has 0 amide bonds. The number of rotatable bonds is 5. The summed E-state index contributed by atoms with van der Waals surface area (Å²) < 4.78 is 0. The van der Waals surface area contributed by atoms with Gasteiger partial charge in [-0.3, -0.25) is 4.79 Å². The summed E-state index contributed by atoms with van der Waals surface area (Å²) in [6, 6.07) is 28.2. The first kappa shape index (κ1) is 15.2. The Morgan fingerprint density at radius 2 is 1.35 bits per heavy atom. The van der Waals surface area contributed by atoms with Crippen molar-refractivity contribution in [3.05, 3.63) is 107 Å². The van der Waals surface area contributed by atoms with Crippen LogP contribution in [-0.2, 0) is 11.2 Å². The highest BCUT2D eigenvalue weighted by Crippen LogP contribution is 2.29. The highest BCUT2D eigenvalue weighted by atomic mass is 16.1. The summed E-state index contributed by atoms with van der Waals surface area (Å²) in [6.45, 7) is 2.07. The largest absolute Gasteiger partial charge is 0.298 e. The van der Waals surface area contributed by atoms with Crippen LogP contribution in [0.2, 0.25) is 0 Å². The molecule has 0 aliphatic heterocycles. The molecule has 0 bridgehead atoms. The molecular formula is C22H20O. The normalized spacial score (nSPS) is 11.9. The fourth-order valence-electron chi connectivity index (χ4n) is 2.99. The molecule has 0 aromatic heterocycles. The van der Waals surface area contributed by atoms with Crippen molar-refractivity contribution in [1.82, 2.24) is 0 Å². The van der Waals surface area contributed by atoms with Gasteiger partial charge in [0.1, 0.15) is 5.78 Å². The van der Waals surface area contributed by atoms with Crippen molar-refractivity contribution in [2.24, 2.45) is 0 Å². The molecule has 1 atom stereocenters. The Morgan fingerprint density at radius 3 is 2.00 bits per heavy atom. The standard InChI is InChI=1S/C22H20O/c1-17-10-8-9-15-20(17)22(19-13-6-3-7-14-19)21(23)16-18-11-4-2-5-12-18/h2-15,22H,16H2,1H3. The summed E-state index contributed by atoms with van der Waals surface area (Å²) in [5.41, 5.74) is 4.37. The number of ketones is 1. The maximum Gasteiger partial charge on any atom is 0.149 e. The van der Waals surface area contributed by atoms with Gasteiger partial charge in [-0.15, -0.1) is 0 Å². The van der Waals surface area contributed by atoms with Gasteiger partial charge in [-0.1, -0.05) is 84.9 Å². The molecule has 3 aromatic carbocycles. The Kier molecular flexibility index (Phi) is 4.68. The van der Waals surface area contributed by atoms with E-state index in [9.17, 15) is 4.79 Å². The summed E-state index contributed by atoms with van der Waals surface area (Å²) in [5, 5.41) is 0. The lowest BCUT2D eigenvalue weighted by atomic mass is 9.83. The van der Waals surface area contributed by atoms with Gasteiger partial charge in [0.15, 0.2) is 0 Å². The molecule has 0 heterocycles. The molecule has 1 nitrogen and oxygen atoms in total. The lowest BCUT2D eigenvalue weighted by Crippen LogP contribution is -2.17. The van der Waals surface area contributed by atoms with E-state index in [4.69, 9.17) is 0 Å². The maximum absolute atomic E-state index is 13.1. The summed E-state index contributed by atoms with van der Waals surface area (Å²) in [5.74, 6) is 0.0225. The monoisotopic (exact) mass is 300 g/mol. The minimum absolute atomic E-state index is 0.211. The van der Waals surface area contributed by atoms with Crippen LogP contribution in [0.15, 0.2) is 84.9 Å². The molecule has 0 aliphatic carbocycles. The third-order valence-corrected chi connectivity index (χ3v) is 4.18. The Labute approximate surface area is 137 Å². The second-order valence-electron chi connectivity index (χ2n) is 5.83. The lowest BCUT2D eigenvalue weighted by Gasteiger charge is -2.19. The van der Waals surface area contributed by atoms with Crippen LogP contribution in [0.1, 0.15) is 28.2 Å². The van der Waals surface area contributed by atoms with E-state index in [2.05, 4.69) is 19.1 Å². The van der Waals surface area contributed by atoms with Crippen molar-refractivity contribution in [2.45, 2.75) is 19.3 Å². The Morgan fingerprint density at radius 1 is 0.783 bits per heavy atom. The molecule has 3 rings (SSSR count). The molecule has 114 valence electrons. The van der Waals surface area contributed by atoms with E-state index < -0.39 is 0 Å². The first-order valence-electron chi connectivity index (χ1n) is 7.93. The second kappa shape index (κ2) is 7.06. The fourth-order valence-corrected chi connectivity index (χ4v) is 2.99. The van der Waals surface area contributed by atoms with Gasteiger partial charge in [0.25, 0.3) is 0 Å². The van der Waals surface area contributed by atoms with Crippen molar-refractivity contribution >= 4 is 5.78 Å². The molecule has 0 N–H and O–H groups in total. The third kappa shape index (κ3) is 3.57. The van der Waals surface area contributed by atoms with Crippen LogP contribution in [0, 0.1) is 6.92 Å². The van der Waals surface area contributed by atoms with E-state index in [1.807, 2.05) is 72.8 Å². The number of carbonyl (C=O) groups excluding carboxylic acids is 1. The molecule has 0 spiro atoms. The molecule has 23 heavy (non-hydrogen) atoms. The van der Waals surface area contributed by atoms with Gasteiger partial charge < -0.3 is 0 Å². The van der Waals surface area contributed by atoms with Crippen LogP contribution in [0.4, 0.5) is 0 Å². The lowest BCUT2D eigenvalue weighted by molar-refractivity contribution is -0.119. The topological polar surface area (TPSA) is 17.1 Å². The van der Waals surface area contributed by atoms with Crippen LogP contribution in [0.25, 0.3) is 0 Å². The summed E-state index contributed by atoms with van der Waals surface area (Å²) in [6.07, 6.45) is 0.453. The van der Waals surface area contributed by atoms with E-state index in [1.165, 1.54) is 0 Å². The van der Waals surface area contributed by atoms with Crippen molar-refractivity contribution < 1.29 is 4.79 Å². The smallest absolute Gasteiger partial charge is 0.149 e. The molecule has 0 aliphatic rings. The van der Waals surface area contributed by atoms with Crippen LogP contribution in [0.3, 0.4) is 0 Å². The summed E-state index contributed by atoms with van der Waals surface area (Å²) in [4.78, 5) is 13.1. The van der Waals surface area contributed by atoms with Crippen LogP contribution in [-0.4, -0.2) is 5.78 Å².